The van der Waals surface area contributed by atoms with Crippen molar-refractivity contribution in [1.82, 2.24) is 4.90 Å². The Morgan fingerprint density at radius 2 is 2.18 bits per heavy atom. The highest BCUT2D eigenvalue weighted by Gasteiger charge is 2.31. The molecule has 0 aliphatic carbocycles. The van der Waals surface area contributed by atoms with Crippen molar-refractivity contribution < 1.29 is 0 Å². The molecule has 0 saturated carbocycles. The van der Waals surface area contributed by atoms with Crippen molar-refractivity contribution in [3.8, 4) is 0 Å². The van der Waals surface area contributed by atoms with E-state index in [9.17, 15) is 0 Å². The predicted octanol–water partition coefficient (Wildman–Crippen LogP) is 1.21. The first-order valence-corrected chi connectivity index (χ1v) is 4.57. The maximum Gasteiger partial charge on any atom is 0.0167 e. The van der Waals surface area contributed by atoms with Crippen LogP contribution in [0.15, 0.2) is 0 Å². The van der Waals surface area contributed by atoms with Crippen LogP contribution in [-0.4, -0.2) is 29.6 Å². The Morgan fingerprint density at radius 3 is 2.64 bits per heavy atom. The van der Waals surface area contributed by atoms with E-state index in [1.54, 1.807) is 0 Å². The zero-order valence-corrected chi connectivity index (χ0v) is 7.93. The lowest BCUT2D eigenvalue weighted by molar-refractivity contribution is 0.0728. The topological polar surface area (TPSA) is 29.3 Å². The Bertz CT molecular complexity index is 132. The molecule has 0 aromatic carbocycles. The van der Waals surface area contributed by atoms with Crippen LogP contribution in [0.25, 0.3) is 0 Å². The van der Waals surface area contributed by atoms with Crippen LogP contribution >= 0.6 is 0 Å². The van der Waals surface area contributed by atoms with Gasteiger partial charge in [0.1, 0.15) is 0 Å². The molecule has 0 bridgehead atoms. The quantitative estimate of drug-likeness (QED) is 0.618. The Balaban J connectivity index is 2.56. The summed E-state index contributed by atoms with van der Waals surface area (Å²) >= 11 is 0. The first-order valence-electron chi connectivity index (χ1n) is 4.57. The number of likely N-dealkylation sites (tertiary alicyclic amines) is 1. The average Bonchev–Trinajstić information content (AvgIpc) is 1.85. The van der Waals surface area contributed by atoms with Gasteiger partial charge in [-0.2, -0.15) is 0 Å². The predicted molar refractivity (Wildman–Crippen MR) is 48.5 cm³/mol. The van der Waals surface area contributed by atoms with Crippen molar-refractivity contribution in [2.45, 2.75) is 45.2 Å². The molecule has 11 heavy (non-hydrogen) atoms. The third kappa shape index (κ3) is 1.94. The van der Waals surface area contributed by atoms with Crippen LogP contribution in [0.4, 0.5) is 0 Å². The Morgan fingerprint density at radius 1 is 1.55 bits per heavy atom. The Kier molecular flexibility index (Phi) is 2.55. The molecule has 1 rings (SSSR count). The van der Waals surface area contributed by atoms with Crippen molar-refractivity contribution in [2.24, 2.45) is 5.73 Å². The second-order valence-electron chi connectivity index (χ2n) is 4.14. The molecule has 0 aromatic heterocycles. The molecule has 66 valence electrons. The van der Waals surface area contributed by atoms with Gasteiger partial charge < -0.3 is 5.73 Å². The minimum Gasteiger partial charge on any atom is -0.328 e. The lowest BCUT2D eigenvalue weighted by Crippen LogP contribution is -2.53. The van der Waals surface area contributed by atoms with E-state index in [1.165, 1.54) is 6.54 Å². The van der Waals surface area contributed by atoms with E-state index in [1.807, 2.05) is 0 Å². The van der Waals surface area contributed by atoms with Crippen LogP contribution < -0.4 is 5.73 Å². The number of nitrogens with zero attached hydrogens (tertiary/aromatic N) is 1. The van der Waals surface area contributed by atoms with Crippen molar-refractivity contribution in [3.63, 3.8) is 0 Å². The molecule has 1 heterocycles. The van der Waals surface area contributed by atoms with Gasteiger partial charge in [-0.3, -0.25) is 4.90 Å². The summed E-state index contributed by atoms with van der Waals surface area (Å²) in [5.41, 5.74) is 6.23. The van der Waals surface area contributed by atoms with E-state index >= 15 is 0 Å². The summed E-state index contributed by atoms with van der Waals surface area (Å²) < 4.78 is 0. The minimum atomic E-state index is 0.326. The molecule has 0 radical (unpaired) electrons. The first-order chi connectivity index (χ1) is 5.06. The Labute approximate surface area is 69.8 Å². The maximum absolute atomic E-state index is 5.90. The van der Waals surface area contributed by atoms with Gasteiger partial charge in [-0.25, -0.2) is 0 Å². The van der Waals surface area contributed by atoms with Crippen molar-refractivity contribution in [1.29, 1.82) is 0 Å². The monoisotopic (exact) mass is 156 g/mol. The second kappa shape index (κ2) is 3.11. The number of hydrogen-bond donors (Lipinski definition) is 1. The summed E-state index contributed by atoms with van der Waals surface area (Å²) in [4.78, 5) is 2.51. The third-order valence-corrected chi connectivity index (χ3v) is 2.77. The summed E-state index contributed by atoms with van der Waals surface area (Å²) in [6.45, 7) is 9.12. The molecule has 1 aliphatic heterocycles. The van der Waals surface area contributed by atoms with Gasteiger partial charge in [0.05, 0.1) is 0 Å². The lowest BCUT2D eigenvalue weighted by atomic mass is 9.87. The van der Waals surface area contributed by atoms with E-state index in [2.05, 4.69) is 25.7 Å². The van der Waals surface area contributed by atoms with Gasteiger partial charge in [0.25, 0.3) is 0 Å². The minimum absolute atomic E-state index is 0.326. The largest absolute Gasteiger partial charge is 0.328 e. The molecular formula is C9H20N2. The maximum atomic E-state index is 5.90. The average molecular weight is 156 g/mol. The van der Waals surface area contributed by atoms with Gasteiger partial charge in [-0.05, 0) is 33.2 Å². The first kappa shape index (κ1) is 9.01. The highest BCUT2D eigenvalue weighted by atomic mass is 15.2. The summed E-state index contributed by atoms with van der Waals surface area (Å²) in [6, 6.07) is 0.424. The number of hydrogen-bond acceptors (Lipinski definition) is 2. The van der Waals surface area contributed by atoms with Crippen molar-refractivity contribution in [3.05, 3.63) is 0 Å². The van der Waals surface area contributed by atoms with E-state index in [4.69, 9.17) is 5.73 Å². The fourth-order valence-corrected chi connectivity index (χ4v) is 2.08. The third-order valence-electron chi connectivity index (χ3n) is 2.77. The van der Waals surface area contributed by atoms with Gasteiger partial charge >= 0.3 is 0 Å². The van der Waals surface area contributed by atoms with E-state index < -0.39 is 0 Å². The summed E-state index contributed by atoms with van der Waals surface area (Å²) in [6.07, 6.45) is 2.30. The molecular weight excluding hydrogens is 136 g/mol. The van der Waals surface area contributed by atoms with Crippen LogP contribution in [0.3, 0.4) is 0 Å². The molecule has 1 unspecified atom stereocenters. The van der Waals surface area contributed by atoms with Crippen LogP contribution in [0.1, 0.15) is 33.6 Å². The van der Waals surface area contributed by atoms with Gasteiger partial charge in [0.15, 0.2) is 0 Å². The molecule has 2 heteroatoms. The van der Waals surface area contributed by atoms with Gasteiger partial charge in [-0.15, -0.1) is 0 Å². The van der Waals surface area contributed by atoms with E-state index in [0.29, 0.717) is 11.6 Å². The van der Waals surface area contributed by atoms with Crippen LogP contribution in [0.2, 0.25) is 0 Å². The highest BCUT2D eigenvalue weighted by molar-refractivity contribution is 4.90. The van der Waals surface area contributed by atoms with Gasteiger partial charge in [0, 0.05) is 18.1 Å². The standard InChI is InChI=1S/C9H20N2/c1-4-11-6-5-8(10)7-9(11,2)3/h8H,4-7,10H2,1-3H3. The normalized spacial score (nSPS) is 32.2. The van der Waals surface area contributed by atoms with Crippen LogP contribution in [0.5, 0.6) is 0 Å². The van der Waals surface area contributed by atoms with Gasteiger partial charge in [0.2, 0.25) is 0 Å². The molecule has 0 spiro atoms. The molecule has 1 atom stereocenters. The van der Waals surface area contributed by atoms with E-state index in [-0.39, 0.29) is 0 Å². The number of piperidine rings is 1. The summed E-state index contributed by atoms with van der Waals surface area (Å²) in [7, 11) is 0. The molecule has 1 aliphatic rings. The highest BCUT2D eigenvalue weighted by Crippen LogP contribution is 2.25. The van der Waals surface area contributed by atoms with Crippen molar-refractivity contribution in [2.75, 3.05) is 13.1 Å². The molecule has 2 N–H and O–H groups in total. The molecule has 1 saturated heterocycles. The lowest BCUT2D eigenvalue weighted by Gasteiger charge is -2.44. The molecule has 0 amide bonds. The van der Waals surface area contributed by atoms with Gasteiger partial charge in [-0.1, -0.05) is 6.92 Å². The zero-order valence-electron chi connectivity index (χ0n) is 7.93. The fraction of sp³-hybridized carbons (Fsp3) is 1.00. The number of rotatable bonds is 1. The van der Waals surface area contributed by atoms with E-state index in [0.717, 1.165) is 19.4 Å². The molecule has 0 aromatic rings. The van der Waals surface area contributed by atoms with Crippen LogP contribution in [0, 0.1) is 0 Å². The molecule has 1 fully saturated rings. The summed E-state index contributed by atoms with van der Waals surface area (Å²) in [5.74, 6) is 0. The fourth-order valence-electron chi connectivity index (χ4n) is 2.08. The smallest absolute Gasteiger partial charge is 0.0167 e. The second-order valence-corrected chi connectivity index (χ2v) is 4.14. The summed E-state index contributed by atoms with van der Waals surface area (Å²) in [5, 5.41) is 0. The molecule has 2 nitrogen and oxygen atoms in total. The Hall–Kier alpha value is -0.0800. The van der Waals surface area contributed by atoms with Crippen LogP contribution in [-0.2, 0) is 0 Å². The SMILES string of the molecule is CCN1CCC(N)CC1(C)C. The zero-order chi connectivity index (χ0) is 8.48. The van der Waals surface area contributed by atoms with Crippen molar-refractivity contribution >= 4 is 0 Å². The number of nitrogens with two attached hydrogens (primary N) is 1.